The fourth-order valence-electron chi connectivity index (χ4n) is 2.02. The van der Waals surface area contributed by atoms with Gasteiger partial charge in [-0.25, -0.2) is 5.43 Å². The molecule has 7 heteroatoms. The number of nitro groups is 1. The van der Waals surface area contributed by atoms with Crippen molar-refractivity contribution in [1.82, 2.24) is 5.43 Å². The molecule has 2 aromatic carbocycles. The molecule has 0 heterocycles. The second-order valence-corrected chi connectivity index (χ2v) is 5.29. The summed E-state index contributed by atoms with van der Waals surface area (Å²) in [5.41, 5.74) is 4.23. The van der Waals surface area contributed by atoms with Crippen LogP contribution in [0.25, 0.3) is 0 Å². The lowest BCUT2D eigenvalue weighted by atomic mass is 10.1. The van der Waals surface area contributed by atoms with Crippen molar-refractivity contribution in [1.29, 1.82) is 0 Å². The zero-order chi connectivity index (χ0) is 17.0. The van der Waals surface area contributed by atoms with Crippen molar-refractivity contribution < 1.29 is 9.72 Å². The average molecular weight is 332 g/mol. The highest BCUT2D eigenvalue weighted by Crippen LogP contribution is 2.20. The summed E-state index contributed by atoms with van der Waals surface area (Å²) in [6, 6.07) is 11.4. The van der Waals surface area contributed by atoms with Gasteiger partial charge >= 0.3 is 0 Å². The van der Waals surface area contributed by atoms with Crippen molar-refractivity contribution in [2.75, 3.05) is 0 Å². The number of nitrogens with zero attached hydrogens (tertiary/aromatic N) is 2. The molecule has 0 aliphatic rings. The van der Waals surface area contributed by atoms with Crippen LogP contribution in [0, 0.1) is 17.0 Å². The number of hydrazone groups is 1. The van der Waals surface area contributed by atoms with E-state index in [1.54, 1.807) is 31.2 Å². The third-order valence-corrected chi connectivity index (χ3v) is 3.59. The number of nitro benzene ring substituents is 1. The summed E-state index contributed by atoms with van der Waals surface area (Å²) in [5.74, 6) is -0.500. The van der Waals surface area contributed by atoms with Gasteiger partial charge in [0.05, 0.1) is 16.2 Å². The normalized spacial score (nSPS) is 11.2. The maximum Gasteiger partial charge on any atom is 0.273 e. The molecule has 0 saturated heterocycles. The second-order valence-electron chi connectivity index (χ2n) is 4.85. The molecule has 6 nitrogen and oxygen atoms in total. The third-order valence-electron chi connectivity index (χ3n) is 3.33. The summed E-state index contributed by atoms with van der Waals surface area (Å²) < 4.78 is 0. The van der Waals surface area contributed by atoms with E-state index < -0.39 is 10.8 Å². The van der Waals surface area contributed by atoms with Crippen LogP contribution in [0.3, 0.4) is 0 Å². The monoisotopic (exact) mass is 331 g/mol. The van der Waals surface area contributed by atoms with Crippen molar-refractivity contribution in [2.24, 2.45) is 5.10 Å². The Bertz CT molecular complexity index is 786. The number of carbonyl (C=O) groups excluding carboxylic acids is 1. The lowest BCUT2D eigenvalue weighted by Gasteiger charge is -2.06. The van der Waals surface area contributed by atoms with Gasteiger partial charge in [0.1, 0.15) is 0 Å². The van der Waals surface area contributed by atoms with Gasteiger partial charge in [0.2, 0.25) is 0 Å². The highest BCUT2D eigenvalue weighted by molar-refractivity contribution is 6.30. The number of hydrogen-bond acceptors (Lipinski definition) is 4. The van der Waals surface area contributed by atoms with E-state index in [2.05, 4.69) is 10.5 Å². The van der Waals surface area contributed by atoms with Gasteiger partial charge in [-0.15, -0.1) is 0 Å². The maximum atomic E-state index is 12.2. The van der Waals surface area contributed by atoms with Crippen LogP contribution in [-0.2, 0) is 0 Å². The van der Waals surface area contributed by atoms with E-state index in [1.807, 2.05) is 0 Å². The minimum absolute atomic E-state index is 0.101. The van der Waals surface area contributed by atoms with Gasteiger partial charge in [-0.05, 0) is 37.6 Å². The van der Waals surface area contributed by atoms with Crippen molar-refractivity contribution >= 4 is 28.9 Å². The molecule has 0 aliphatic carbocycles. The molecule has 0 unspecified atom stereocenters. The zero-order valence-electron chi connectivity index (χ0n) is 12.5. The SMILES string of the molecule is C/C(=N\NC(=O)c1cccc([N+](=O)[O-])c1C)c1ccc(Cl)cc1. The second kappa shape index (κ2) is 7.02. The molecule has 0 saturated carbocycles. The predicted molar refractivity (Wildman–Crippen MR) is 89.0 cm³/mol. The van der Waals surface area contributed by atoms with E-state index in [0.717, 1.165) is 5.56 Å². The molecule has 0 spiro atoms. The van der Waals surface area contributed by atoms with Crippen LogP contribution in [0.5, 0.6) is 0 Å². The largest absolute Gasteiger partial charge is 0.273 e. The zero-order valence-corrected chi connectivity index (χ0v) is 13.3. The lowest BCUT2D eigenvalue weighted by Crippen LogP contribution is -2.20. The number of rotatable bonds is 4. The molecule has 0 fully saturated rings. The van der Waals surface area contributed by atoms with E-state index in [9.17, 15) is 14.9 Å². The topological polar surface area (TPSA) is 84.6 Å². The van der Waals surface area contributed by atoms with E-state index in [0.29, 0.717) is 16.3 Å². The van der Waals surface area contributed by atoms with Gasteiger partial charge in [-0.2, -0.15) is 5.10 Å². The van der Waals surface area contributed by atoms with Crippen LogP contribution in [0.4, 0.5) is 5.69 Å². The van der Waals surface area contributed by atoms with Crippen LogP contribution in [0.2, 0.25) is 5.02 Å². The van der Waals surface area contributed by atoms with Crippen molar-refractivity contribution in [2.45, 2.75) is 13.8 Å². The molecule has 118 valence electrons. The number of benzene rings is 2. The lowest BCUT2D eigenvalue weighted by molar-refractivity contribution is -0.385. The summed E-state index contributed by atoms with van der Waals surface area (Å²) in [7, 11) is 0. The Morgan fingerprint density at radius 1 is 1.22 bits per heavy atom. The summed E-state index contributed by atoms with van der Waals surface area (Å²) in [6.07, 6.45) is 0. The van der Waals surface area contributed by atoms with E-state index >= 15 is 0 Å². The first-order valence-electron chi connectivity index (χ1n) is 6.74. The summed E-state index contributed by atoms with van der Waals surface area (Å²) in [4.78, 5) is 22.6. The molecular formula is C16H14ClN3O3. The molecule has 2 aromatic rings. The fourth-order valence-corrected chi connectivity index (χ4v) is 2.14. The molecule has 1 amide bonds. The first kappa shape index (κ1) is 16.6. The number of carbonyl (C=O) groups is 1. The summed E-state index contributed by atoms with van der Waals surface area (Å²) in [5, 5.41) is 15.5. The Balaban J connectivity index is 2.19. The molecule has 0 radical (unpaired) electrons. The smallest absolute Gasteiger partial charge is 0.267 e. The Labute approximate surface area is 137 Å². The quantitative estimate of drug-likeness (QED) is 0.526. The molecule has 0 atom stereocenters. The van der Waals surface area contributed by atoms with Crippen molar-refractivity contribution in [3.63, 3.8) is 0 Å². The molecular weight excluding hydrogens is 318 g/mol. The van der Waals surface area contributed by atoms with Gasteiger partial charge in [-0.1, -0.05) is 29.8 Å². The van der Waals surface area contributed by atoms with Gasteiger partial charge in [0.25, 0.3) is 11.6 Å². The van der Waals surface area contributed by atoms with Gasteiger partial charge < -0.3 is 0 Å². The first-order valence-corrected chi connectivity index (χ1v) is 7.12. The van der Waals surface area contributed by atoms with Crippen molar-refractivity contribution in [3.8, 4) is 0 Å². The first-order chi connectivity index (χ1) is 10.9. The fraction of sp³-hybridized carbons (Fsp3) is 0.125. The Hall–Kier alpha value is -2.73. The van der Waals surface area contributed by atoms with Gasteiger partial charge in [0, 0.05) is 16.7 Å². The minimum Gasteiger partial charge on any atom is -0.267 e. The number of amides is 1. The number of nitrogens with one attached hydrogen (secondary N) is 1. The van der Waals surface area contributed by atoms with Crippen LogP contribution in [0.15, 0.2) is 47.6 Å². The number of hydrogen-bond donors (Lipinski definition) is 1. The molecule has 0 aliphatic heterocycles. The maximum absolute atomic E-state index is 12.2. The van der Waals surface area contributed by atoms with Crippen molar-refractivity contribution in [3.05, 3.63) is 74.3 Å². The molecule has 0 bridgehead atoms. The average Bonchev–Trinajstić information content (AvgIpc) is 2.53. The molecule has 0 aromatic heterocycles. The Morgan fingerprint density at radius 2 is 1.87 bits per heavy atom. The summed E-state index contributed by atoms with van der Waals surface area (Å²) in [6.45, 7) is 3.27. The van der Waals surface area contributed by atoms with Crippen LogP contribution >= 0.6 is 11.6 Å². The molecule has 2 rings (SSSR count). The van der Waals surface area contributed by atoms with Gasteiger partial charge in [-0.3, -0.25) is 14.9 Å². The highest BCUT2D eigenvalue weighted by atomic mass is 35.5. The molecule has 1 N–H and O–H groups in total. The van der Waals surface area contributed by atoms with Crippen LogP contribution in [-0.4, -0.2) is 16.5 Å². The standard InChI is InChI=1S/C16H14ClN3O3/c1-10-14(4-3-5-15(10)20(22)23)16(21)19-18-11(2)12-6-8-13(17)9-7-12/h3-9H,1-2H3,(H,19,21)/b18-11+. The van der Waals surface area contributed by atoms with Gasteiger partial charge in [0.15, 0.2) is 0 Å². The minimum atomic E-state index is -0.520. The highest BCUT2D eigenvalue weighted by Gasteiger charge is 2.17. The molecule has 23 heavy (non-hydrogen) atoms. The Kier molecular flexibility index (Phi) is 5.08. The third kappa shape index (κ3) is 3.92. The number of halogens is 1. The Morgan fingerprint density at radius 3 is 2.48 bits per heavy atom. The van der Waals surface area contributed by atoms with E-state index in [4.69, 9.17) is 11.6 Å². The predicted octanol–water partition coefficient (Wildman–Crippen LogP) is 3.71. The van der Waals surface area contributed by atoms with E-state index in [-0.39, 0.29) is 11.3 Å². The van der Waals surface area contributed by atoms with E-state index in [1.165, 1.54) is 25.1 Å². The van der Waals surface area contributed by atoms with Crippen LogP contribution < -0.4 is 5.43 Å². The van der Waals surface area contributed by atoms with Crippen LogP contribution in [0.1, 0.15) is 28.4 Å². The summed E-state index contributed by atoms with van der Waals surface area (Å²) >= 11 is 5.82.